The Kier molecular flexibility index (Phi) is 11.6. The zero-order valence-corrected chi connectivity index (χ0v) is 24.3. The Morgan fingerprint density at radius 2 is 1.27 bits per heavy atom. The number of allylic oxidation sites excluding steroid dienone is 1. The Balaban J connectivity index is 1.39. The molecule has 1 saturated heterocycles. The van der Waals surface area contributed by atoms with Crippen LogP contribution in [0.25, 0.3) is 22.3 Å². The number of hydrogen-bond acceptors (Lipinski definition) is 1. The molecular weight excluding hydrogens is 524 g/mol. The first-order valence-corrected chi connectivity index (χ1v) is 15.2. The number of rotatable bonds is 13. The highest BCUT2D eigenvalue weighted by Gasteiger charge is 2.26. The summed E-state index contributed by atoms with van der Waals surface area (Å²) in [6.45, 7) is 4.64. The second-order valence-corrected chi connectivity index (χ2v) is 11.2. The molecule has 1 fully saturated rings. The van der Waals surface area contributed by atoms with Crippen LogP contribution in [0.3, 0.4) is 0 Å². The van der Waals surface area contributed by atoms with E-state index in [1.54, 1.807) is 48.5 Å². The predicted molar refractivity (Wildman–Crippen MR) is 160 cm³/mol. The first-order chi connectivity index (χ1) is 19.9. The number of benzene rings is 3. The molecule has 0 aliphatic carbocycles. The molecule has 0 aromatic heterocycles. The first-order valence-electron chi connectivity index (χ1n) is 15.2. The molecule has 1 aliphatic heterocycles. The van der Waals surface area contributed by atoms with Crippen LogP contribution in [0.1, 0.15) is 95.3 Å². The van der Waals surface area contributed by atoms with E-state index in [0.29, 0.717) is 42.1 Å². The Morgan fingerprint density at radius 3 is 1.85 bits per heavy atom. The molecule has 0 radical (unpaired) electrons. The van der Waals surface area contributed by atoms with E-state index in [4.69, 9.17) is 4.74 Å². The Labute approximate surface area is 242 Å². The summed E-state index contributed by atoms with van der Waals surface area (Å²) in [5.41, 5.74) is 1.83. The third-order valence-corrected chi connectivity index (χ3v) is 8.20. The van der Waals surface area contributed by atoms with Gasteiger partial charge in [-0.3, -0.25) is 0 Å². The Hall–Kier alpha value is -2.92. The number of unbranched alkanes of at least 4 members (excludes halogenated alkanes) is 7. The topological polar surface area (TPSA) is 9.23 Å². The van der Waals surface area contributed by atoms with Crippen molar-refractivity contribution in [1.82, 2.24) is 0 Å². The molecule has 0 saturated carbocycles. The van der Waals surface area contributed by atoms with E-state index in [2.05, 4.69) is 13.0 Å². The molecule has 3 aromatic carbocycles. The molecule has 220 valence electrons. The molecule has 0 spiro atoms. The lowest BCUT2D eigenvalue weighted by atomic mass is 9.92. The Morgan fingerprint density at radius 1 is 0.683 bits per heavy atom. The molecule has 0 amide bonds. The van der Waals surface area contributed by atoms with E-state index in [-0.39, 0.29) is 16.7 Å². The van der Waals surface area contributed by atoms with Gasteiger partial charge in [-0.1, -0.05) is 113 Å². The van der Waals surface area contributed by atoms with Gasteiger partial charge in [-0.2, -0.15) is 0 Å². The fourth-order valence-electron chi connectivity index (χ4n) is 5.76. The van der Waals surface area contributed by atoms with Crippen LogP contribution in [0.15, 0.2) is 60.7 Å². The maximum Gasteiger partial charge on any atom is 0.167 e. The van der Waals surface area contributed by atoms with Gasteiger partial charge in [0.25, 0.3) is 0 Å². The standard InChI is InChI=1S/C36H42F4O/c1-3-5-6-7-8-9-10-11-13-28-19-20-29(34(38)33(28)37)26-15-17-27(18-16-26)30-21-22-31(36(40)35(30)39)32-23-14-25(12-4-2)24-41-32/h4,12,15-22,25,32H,3,5-11,13-14,23-24H2,1-2H3/b12-4+. The van der Waals surface area contributed by atoms with Crippen molar-refractivity contribution in [3.63, 3.8) is 0 Å². The highest BCUT2D eigenvalue weighted by atomic mass is 19.2. The van der Waals surface area contributed by atoms with Crippen LogP contribution in [-0.2, 0) is 11.2 Å². The third kappa shape index (κ3) is 7.88. The van der Waals surface area contributed by atoms with Crippen molar-refractivity contribution < 1.29 is 22.3 Å². The van der Waals surface area contributed by atoms with Crippen molar-refractivity contribution in [2.45, 2.75) is 90.6 Å². The van der Waals surface area contributed by atoms with Gasteiger partial charge in [0.15, 0.2) is 23.3 Å². The maximum atomic E-state index is 15.2. The lowest BCUT2D eigenvalue weighted by molar-refractivity contribution is -0.00743. The Bertz CT molecular complexity index is 1290. The average molecular weight is 567 g/mol. The van der Waals surface area contributed by atoms with E-state index in [0.717, 1.165) is 25.7 Å². The summed E-state index contributed by atoms with van der Waals surface area (Å²) in [7, 11) is 0. The van der Waals surface area contributed by atoms with Crippen molar-refractivity contribution in [3.05, 3.63) is 95.1 Å². The van der Waals surface area contributed by atoms with Gasteiger partial charge in [0.2, 0.25) is 0 Å². The number of aryl methyl sites for hydroxylation is 1. The zero-order valence-electron chi connectivity index (χ0n) is 24.3. The molecule has 0 N–H and O–H groups in total. The maximum absolute atomic E-state index is 15.2. The summed E-state index contributed by atoms with van der Waals surface area (Å²) in [6, 6.07) is 12.9. The predicted octanol–water partition coefficient (Wildman–Crippen LogP) is 11.3. The van der Waals surface area contributed by atoms with Crippen LogP contribution in [0, 0.1) is 29.2 Å². The monoisotopic (exact) mass is 566 g/mol. The van der Waals surface area contributed by atoms with Gasteiger partial charge in [0.1, 0.15) is 0 Å². The second kappa shape index (κ2) is 15.3. The van der Waals surface area contributed by atoms with Gasteiger partial charge in [-0.25, -0.2) is 17.6 Å². The van der Waals surface area contributed by atoms with Crippen molar-refractivity contribution in [2.75, 3.05) is 6.61 Å². The highest BCUT2D eigenvalue weighted by Crippen LogP contribution is 2.36. The molecular formula is C36H42F4O. The summed E-state index contributed by atoms with van der Waals surface area (Å²) in [6.07, 6.45) is 14.8. The van der Waals surface area contributed by atoms with Crippen molar-refractivity contribution in [2.24, 2.45) is 5.92 Å². The van der Waals surface area contributed by atoms with Gasteiger partial charge in [0.05, 0.1) is 12.7 Å². The summed E-state index contributed by atoms with van der Waals surface area (Å²) in [5.74, 6) is -3.22. The zero-order chi connectivity index (χ0) is 29.2. The fourth-order valence-corrected chi connectivity index (χ4v) is 5.76. The van der Waals surface area contributed by atoms with E-state index >= 15 is 13.2 Å². The smallest absolute Gasteiger partial charge is 0.167 e. The molecule has 2 unspecified atom stereocenters. The van der Waals surface area contributed by atoms with Crippen LogP contribution >= 0.6 is 0 Å². The van der Waals surface area contributed by atoms with Crippen LogP contribution in [0.5, 0.6) is 0 Å². The van der Waals surface area contributed by atoms with E-state index in [1.807, 2.05) is 13.0 Å². The summed E-state index contributed by atoms with van der Waals surface area (Å²) in [4.78, 5) is 0. The molecule has 4 rings (SSSR count). The van der Waals surface area contributed by atoms with Crippen LogP contribution in [0.4, 0.5) is 17.6 Å². The number of ether oxygens (including phenoxy) is 1. The minimum atomic E-state index is -0.933. The summed E-state index contributed by atoms with van der Waals surface area (Å²) < 4.78 is 66.0. The third-order valence-electron chi connectivity index (χ3n) is 8.20. The lowest BCUT2D eigenvalue weighted by Gasteiger charge is -2.28. The van der Waals surface area contributed by atoms with E-state index in [1.165, 1.54) is 32.1 Å². The molecule has 1 heterocycles. The van der Waals surface area contributed by atoms with Gasteiger partial charge >= 0.3 is 0 Å². The van der Waals surface area contributed by atoms with Crippen LogP contribution < -0.4 is 0 Å². The van der Waals surface area contributed by atoms with Gasteiger partial charge in [-0.05, 0) is 49.3 Å². The summed E-state index contributed by atoms with van der Waals surface area (Å²) >= 11 is 0. The molecule has 41 heavy (non-hydrogen) atoms. The van der Waals surface area contributed by atoms with Gasteiger partial charge in [0, 0.05) is 22.6 Å². The first kappa shape index (κ1) is 31.0. The SMILES string of the molecule is C/C=C/C1CCC(c2ccc(-c3ccc(-c4ccc(CCCCCCCCCC)c(F)c4F)cc3)c(F)c2F)OC1. The largest absolute Gasteiger partial charge is 0.373 e. The van der Waals surface area contributed by atoms with E-state index in [9.17, 15) is 4.39 Å². The van der Waals surface area contributed by atoms with Crippen LogP contribution in [-0.4, -0.2) is 6.61 Å². The quantitative estimate of drug-likeness (QED) is 0.114. The van der Waals surface area contributed by atoms with Gasteiger partial charge < -0.3 is 4.74 Å². The average Bonchev–Trinajstić information content (AvgIpc) is 2.99. The van der Waals surface area contributed by atoms with E-state index < -0.39 is 29.4 Å². The second-order valence-electron chi connectivity index (χ2n) is 11.2. The van der Waals surface area contributed by atoms with Crippen molar-refractivity contribution in [1.29, 1.82) is 0 Å². The normalized spacial score (nSPS) is 17.4. The van der Waals surface area contributed by atoms with Crippen LogP contribution in [0.2, 0.25) is 0 Å². The molecule has 3 aromatic rings. The van der Waals surface area contributed by atoms with Gasteiger partial charge in [-0.15, -0.1) is 0 Å². The molecule has 1 nitrogen and oxygen atoms in total. The summed E-state index contributed by atoms with van der Waals surface area (Å²) in [5, 5.41) is 0. The lowest BCUT2D eigenvalue weighted by Crippen LogP contribution is -2.20. The molecule has 1 aliphatic rings. The highest BCUT2D eigenvalue weighted by molar-refractivity contribution is 5.71. The minimum Gasteiger partial charge on any atom is -0.373 e. The van der Waals surface area contributed by atoms with Crippen molar-refractivity contribution >= 4 is 0 Å². The fraction of sp³-hybridized carbons (Fsp3) is 0.444. The molecule has 2 atom stereocenters. The number of halogens is 4. The minimum absolute atomic E-state index is 0.118. The number of hydrogen-bond donors (Lipinski definition) is 0. The van der Waals surface area contributed by atoms with Crippen molar-refractivity contribution in [3.8, 4) is 22.3 Å². The molecule has 5 heteroatoms. The molecule has 0 bridgehead atoms.